The Morgan fingerprint density at radius 3 is 2.26 bits per heavy atom. The number of hydrogen-bond donors (Lipinski definition) is 1. The van der Waals surface area contributed by atoms with Gasteiger partial charge in [-0.3, -0.25) is 9.55 Å². The molecule has 4 rings (SSSR count). The van der Waals surface area contributed by atoms with Gasteiger partial charge in [-0.25, -0.2) is 17.1 Å². The minimum absolute atomic E-state index is 0.0252. The van der Waals surface area contributed by atoms with E-state index in [1.165, 1.54) is 36.1 Å². The van der Waals surface area contributed by atoms with Crippen LogP contribution in [0.5, 0.6) is 11.5 Å². The van der Waals surface area contributed by atoms with Crippen molar-refractivity contribution in [3.8, 4) is 28.8 Å². The van der Waals surface area contributed by atoms with E-state index in [1.807, 2.05) is 0 Å². The summed E-state index contributed by atoms with van der Waals surface area (Å²) in [5.41, 5.74) is 0.394. The third-order valence-electron chi connectivity index (χ3n) is 6.80. The van der Waals surface area contributed by atoms with E-state index in [9.17, 15) is 17.9 Å². The lowest BCUT2D eigenvalue weighted by Crippen LogP contribution is -2.44. The lowest BCUT2D eigenvalue weighted by Gasteiger charge is -2.31. The van der Waals surface area contributed by atoms with E-state index < -0.39 is 35.3 Å². The highest BCUT2D eigenvalue weighted by Crippen LogP contribution is 2.40. The minimum Gasteiger partial charge on any atom is -0.494 e. The zero-order chi connectivity index (χ0) is 30.8. The number of aliphatic hydroxyl groups excluding tert-OH is 1. The molecule has 0 radical (unpaired) electrons. The zero-order valence-electron chi connectivity index (χ0n) is 24.7. The highest BCUT2D eigenvalue weighted by atomic mass is 32.2. The third kappa shape index (κ3) is 6.34. The Bertz CT molecular complexity index is 1610. The molecule has 0 spiro atoms. The summed E-state index contributed by atoms with van der Waals surface area (Å²) in [7, 11) is -3.14. The molecule has 0 unspecified atom stereocenters. The topological polar surface area (TPSA) is 133 Å². The maximum absolute atomic E-state index is 14.4. The molecule has 0 amide bonds. The Labute approximate surface area is 246 Å². The molecule has 14 heteroatoms. The van der Waals surface area contributed by atoms with E-state index in [2.05, 4.69) is 34.8 Å². The number of pyridine rings is 1. The number of anilines is 1. The summed E-state index contributed by atoms with van der Waals surface area (Å²) >= 11 is 0. The number of aromatic nitrogens is 4. The number of methoxy groups -OCH3 is 2. The van der Waals surface area contributed by atoms with Crippen molar-refractivity contribution in [1.82, 2.24) is 19.7 Å². The van der Waals surface area contributed by atoms with Crippen LogP contribution in [0.3, 0.4) is 0 Å². The number of furan rings is 1. The van der Waals surface area contributed by atoms with Crippen LogP contribution in [0.2, 0.25) is 25.7 Å². The molecule has 226 valence electrons. The van der Waals surface area contributed by atoms with Crippen LogP contribution in [-0.4, -0.2) is 67.4 Å². The lowest BCUT2D eigenvalue weighted by molar-refractivity contribution is 0.171. The smallest absolute Gasteiger partial charge is 0.246 e. The predicted molar refractivity (Wildman–Crippen MR) is 160 cm³/mol. The molecule has 0 aliphatic heterocycles. The molecule has 3 heterocycles. The first-order valence-corrected chi connectivity index (χ1v) is 18.5. The Balaban J connectivity index is 1.96. The molecule has 1 N–H and O–H groups in total. The van der Waals surface area contributed by atoms with Gasteiger partial charge in [-0.1, -0.05) is 25.7 Å². The van der Waals surface area contributed by atoms with E-state index >= 15 is 0 Å². The molecule has 2 atom stereocenters. The number of benzene rings is 1. The van der Waals surface area contributed by atoms with Crippen LogP contribution in [0.15, 0.2) is 53.1 Å². The van der Waals surface area contributed by atoms with Crippen molar-refractivity contribution in [2.75, 3.05) is 25.1 Å². The van der Waals surface area contributed by atoms with Crippen LogP contribution in [0, 0.1) is 12.7 Å². The number of aryl methyl sites for hydroxylation is 1. The van der Waals surface area contributed by atoms with E-state index in [1.54, 1.807) is 37.3 Å². The molecule has 1 aromatic carbocycles. The van der Waals surface area contributed by atoms with Crippen molar-refractivity contribution in [1.29, 1.82) is 0 Å². The second-order valence-corrected chi connectivity index (χ2v) is 18.9. The summed E-state index contributed by atoms with van der Waals surface area (Å²) in [6.45, 7) is 9.62. The van der Waals surface area contributed by atoms with Gasteiger partial charge in [-0.05, 0) is 56.3 Å². The molecule has 0 saturated carbocycles. The highest BCUT2D eigenvalue weighted by molar-refractivity contribution is 7.93. The van der Waals surface area contributed by atoms with E-state index in [0.29, 0.717) is 34.8 Å². The van der Waals surface area contributed by atoms with Crippen LogP contribution >= 0.6 is 0 Å². The van der Waals surface area contributed by atoms with Gasteiger partial charge in [0, 0.05) is 14.6 Å². The van der Waals surface area contributed by atoms with Gasteiger partial charge in [0.2, 0.25) is 21.8 Å². The summed E-state index contributed by atoms with van der Waals surface area (Å²) in [4.78, 5) is 3.91. The van der Waals surface area contributed by atoms with Gasteiger partial charge in [-0.15, -0.1) is 10.2 Å². The normalized spacial score (nSPS) is 13.5. The maximum atomic E-state index is 14.4. The monoisotopic (exact) mass is 617 g/mol. The average molecular weight is 618 g/mol. The molecular formula is C28H36FN5O6SSi. The SMILES string of the molecule is COc1cccc(OC)c1-n1c(-c2ccc(C)o2)nnc1N(CC[Si](C)(C)C)S(=O)(=O)[C@H](C)[C@@H](O)c1ccc(F)cn1. The molecule has 0 bridgehead atoms. The first kappa shape index (κ1) is 31.2. The molecule has 0 aliphatic rings. The number of nitrogens with zero attached hydrogens (tertiary/aromatic N) is 5. The molecular weight excluding hydrogens is 581 g/mol. The summed E-state index contributed by atoms with van der Waals surface area (Å²) in [6.07, 6.45) is -0.613. The van der Waals surface area contributed by atoms with E-state index in [4.69, 9.17) is 13.9 Å². The van der Waals surface area contributed by atoms with Crippen molar-refractivity contribution < 1.29 is 31.8 Å². The first-order valence-electron chi connectivity index (χ1n) is 13.3. The molecule has 4 aromatic rings. The predicted octanol–water partition coefficient (Wildman–Crippen LogP) is 4.98. The Morgan fingerprint density at radius 2 is 1.74 bits per heavy atom. The standard InChI is InChI=1S/C28H36FN5O6SSi/c1-18-11-14-24(40-18)27-31-32-28(34(27)25-22(38-3)9-8-10-23(25)39-4)33(15-16-42(5,6)7)41(36,37)19(2)26(35)21-13-12-20(29)17-30-21/h8-14,17,19,26,35H,15-16H2,1-7H3/t19-,26-/m1/s1. The molecule has 3 aromatic heterocycles. The molecule has 0 fully saturated rings. The van der Waals surface area contributed by atoms with Gasteiger partial charge in [-0.2, -0.15) is 0 Å². The fourth-order valence-corrected chi connectivity index (χ4v) is 6.97. The fourth-order valence-electron chi connectivity index (χ4n) is 4.35. The van der Waals surface area contributed by atoms with Gasteiger partial charge in [0.25, 0.3) is 0 Å². The van der Waals surface area contributed by atoms with Gasteiger partial charge in [0.05, 0.1) is 26.1 Å². The van der Waals surface area contributed by atoms with Crippen LogP contribution in [0.25, 0.3) is 17.3 Å². The second kappa shape index (κ2) is 12.2. The number of halogens is 1. The first-order chi connectivity index (χ1) is 19.8. The molecule has 42 heavy (non-hydrogen) atoms. The third-order valence-corrected chi connectivity index (χ3v) is 10.7. The summed E-state index contributed by atoms with van der Waals surface area (Å²) in [5, 5.41) is 18.5. The molecule has 0 saturated heterocycles. The van der Waals surface area contributed by atoms with E-state index in [0.717, 1.165) is 12.3 Å². The fraction of sp³-hybridized carbons (Fsp3) is 0.393. The largest absolute Gasteiger partial charge is 0.494 e. The van der Waals surface area contributed by atoms with Gasteiger partial charge in [0.15, 0.2) is 5.76 Å². The van der Waals surface area contributed by atoms with Crippen molar-refractivity contribution in [3.63, 3.8) is 0 Å². The lowest BCUT2D eigenvalue weighted by atomic mass is 10.2. The number of aliphatic hydroxyl groups is 1. The van der Waals surface area contributed by atoms with Crippen molar-refractivity contribution in [2.24, 2.45) is 0 Å². The number of para-hydroxylation sites is 1. The Kier molecular flexibility index (Phi) is 9.08. The Hall–Kier alpha value is -3.75. The van der Waals surface area contributed by atoms with Gasteiger partial charge in [0.1, 0.15) is 40.1 Å². The Morgan fingerprint density at radius 1 is 1.07 bits per heavy atom. The zero-order valence-corrected chi connectivity index (χ0v) is 26.5. The molecule has 0 aliphatic carbocycles. The van der Waals surface area contributed by atoms with Gasteiger partial charge >= 0.3 is 0 Å². The van der Waals surface area contributed by atoms with Crippen molar-refractivity contribution in [3.05, 3.63) is 65.9 Å². The maximum Gasteiger partial charge on any atom is 0.246 e. The average Bonchev–Trinajstić information content (AvgIpc) is 3.57. The summed E-state index contributed by atoms with van der Waals surface area (Å²) < 4.78 is 62.2. The van der Waals surface area contributed by atoms with E-state index in [-0.39, 0.29) is 24.0 Å². The number of rotatable bonds is 12. The number of hydrogen-bond acceptors (Lipinski definition) is 9. The minimum atomic E-state index is -4.33. The van der Waals surface area contributed by atoms with Crippen LogP contribution in [-0.2, 0) is 10.0 Å². The summed E-state index contributed by atoms with van der Waals surface area (Å²) in [6, 6.07) is 11.6. The number of sulfonamides is 1. The summed E-state index contributed by atoms with van der Waals surface area (Å²) in [5.74, 6) is 1.33. The van der Waals surface area contributed by atoms with Crippen molar-refractivity contribution in [2.45, 2.75) is 50.9 Å². The van der Waals surface area contributed by atoms with Crippen LogP contribution < -0.4 is 13.8 Å². The number of ether oxygens (including phenoxy) is 2. The highest BCUT2D eigenvalue weighted by Gasteiger charge is 2.40. The van der Waals surface area contributed by atoms with Crippen molar-refractivity contribution >= 4 is 24.0 Å². The van der Waals surface area contributed by atoms with Crippen LogP contribution in [0.1, 0.15) is 24.5 Å². The van der Waals surface area contributed by atoms with Crippen LogP contribution in [0.4, 0.5) is 10.3 Å². The second-order valence-electron chi connectivity index (χ2n) is 11.1. The van der Waals surface area contributed by atoms with Gasteiger partial charge < -0.3 is 19.0 Å². The quantitative estimate of drug-likeness (QED) is 0.219. The molecule has 11 nitrogen and oxygen atoms in total.